The van der Waals surface area contributed by atoms with Crippen LogP contribution in [0.3, 0.4) is 0 Å². The number of aromatic nitrogens is 2. The number of halogens is 1. The van der Waals surface area contributed by atoms with Gasteiger partial charge in [0.1, 0.15) is 11.8 Å². The molecule has 0 fully saturated rings. The smallest absolute Gasteiger partial charge is 0.338 e. The molecule has 2 aromatic carbocycles. The fourth-order valence-electron chi connectivity index (χ4n) is 5.42. The van der Waals surface area contributed by atoms with Crippen LogP contribution in [0.15, 0.2) is 61.9 Å². The van der Waals surface area contributed by atoms with E-state index in [1.54, 1.807) is 11.5 Å². The molecule has 208 valence electrons. The molecule has 0 amide bonds. The first-order valence-corrected chi connectivity index (χ1v) is 14.8. The molecule has 0 unspecified atom stereocenters. The van der Waals surface area contributed by atoms with Crippen molar-refractivity contribution >= 4 is 50.2 Å². The number of nitrogens with zero attached hydrogens (tertiary/aromatic N) is 3. The van der Waals surface area contributed by atoms with Gasteiger partial charge in [0, 0.05) is 38.7 Å². The number of carbonyl (C=O) groups excluding carboxylic acids is 1. The summed E-state index contributed by atoms with van der Waals surface area (Å²) < 4.78 is 16.5. The number of fused-ring (bicyclic) bond motifs is 2. The predicted molar refractivity (Wildman–Crippen MR) is 163 cm³/mol. The van der Waals surface area contributed by atoms with Gasteiger partial charge in [0.15, 0.2) is 4.80 Å². The number of benzene rings is 2. The Hall–Kier alpha value is -3.43. The molecule has 2 aromatic heterocycles. The Labute approximate surface area is 245 Å². The lowest BCUT2D eigenvalue weighted by Gasteiger charge is -2.26. The molecule has 7 nitrogen and oxygen atoms in total. The Bertz CT molecular complexity index is 1880. The van der Waals surface area contributed by atoms with E-state index in [2.05, 4.69) is 59.5 Å². The van der Waals surface area contributed by atoms with Crippen molar-refractivity contribution in [1.82, 2.24) is 9.13 Å². The predicted octanol–water partition coefficient (Wildman–Crippen LogP) is 5.55. The SMILES string of the molecule is CCn1c(C)c(/C=c2\sc3n(c2=O)[C@H](c2cc(Br)ccc2OC(C)C)C(C(=O)OC)=C(C)N=3)c2cc(C)ccc21. The van der Waals surface area contributed by atoms with Crippen molar-refractivity contribution < 1.29 is 14.3 Å². The highest BCUT2D eigenvalue weighted by molar-refractivity contribution is 9.10. The molecule has 1 aliphatic heterocycles. The highest BCUT2D eigenvalue weighted by atomic mass is 79.9. The quantitative estimate of drug-likeness (QED) is 0.265. The number of methoxy groups -OCH3 is 1. The van der Waals surface area contributed by atoms with Crippen LogP contribution in [0.2, 0.25) is 0 Å². The van der Waals surface area contributed by atoms with Gasteiger partial charge in [-0.2, -0.15) is 0 Å². The van der Waals surface area contributed by atoms with Crippen molar-refractivity contribution in [2.75, 3.05) is 7.11 Å². The summed E-state index contributed by atoms with van der Waals surface area (Å²) >= 11 is 4.89. The summed E-state index contributed by atoms with van der Waals surface area (Å²) in [6.45, 7) is 12.8. The van der Waals surface area contributed by atoms with Gasteiger partial charge in [0.25, 0.3) is 5.56 Å². The van der Waals surface area contributed by atoms with Crippen LogP contribution in [0.1, 0.15) is 56.1 Å². The molecule has 0 spiro atoms. The minimum atomic E-state index is -0.766. The number of rotatable bonds is 6. The molecule has 5 rings (SSSR count). The average Bonchev–Trinajstić information content (AvgIpc) is 3.35. The first-order valence-electron chi connectivity index (χ1n) is 13.2. The highest BCUT2D eigenvalue weighted by Gasteiger charge is 2.35. The van der Waals surface area contributed by atoms with Gasteiger partial charge in [0.05, 0.1) is 29.0 Å². The third-order valence-electron chi connectivity index (χ3n) is 7.18. The van der Waals surface area contributed by atoms with Crippen LogP contribution in [0, 0.1) is 13.8 Å². The van der Waals surface area contributed by atoms with Crippen LogP contribution in [-0.2, 0) is 16.1 Å². The van der Waals surface area contributed by atoms with Crippen molar-refractivity contribution in [3.05, 3.63) is 94.2 Å². The molecule has 0 saturated heterocycles. The standard InChI is InChI=1S/C31H32BrN3O4S/c1-8-34-19(6)21(22-13-17(4)9-11-24(22)34)15-26-29(36)35-28(23-14-20(32)10-12-25(23)39-16(2)3)27(30(37)38-7)18(5)33-31(35)40-26/h9-16,28H,8H2,1-7H3/b26-15-/t28-/m1/s1. The van der Waals surface area contributed by atoms with Crippen molar-refractivity contribution in [3.63, 3.8) is 0 Å². The largest absolute Gasteiger partial charge is 0.491 e. The first-order chi connectivity index (χ1) is 19.0. The number of allylic oxidation sites excluding steroid dienone is 1. The zero-order valence-electron chi connectivity index (χ0n) is 23.7. The van der Waals surface area contributed by atoms with Crippen LogP contribution in [0.5, 0.6) is 5.75 Å². The Morgan fingerprint density at radius 1 is 1.18 bits per heavy atom. The summed E-state index contributed by atoms with van der Waals surface area (Å²) in [5.74, 6) is 0.0551. The topological polar surface area (TPSA) is 74.8 Å². The number of carbonyl (C=O) groups is 1. The van der Waals surface area contributed by atoms with Crippen molar-refractivity contribution in [3.8, 4) is 5.75 Å². The van der Waals surface area contributed by atoms with Crippen molar-refractivity contribution in [2.45, 2.75) is 60.2 Å². The summed E-state index contributed by atoms with van der Waals surface area (Å²) in [5, 5.41) is 1.10. The van der Waals surface area contributed by atoms with Crippen LogP contribution in [-0.4, -0.2) is 28.3 Å². The average molecular weight is 623 g/mol. The van der Waals surface area contributed by atoms with E-state index in [1.165, 1.54) is 18.4 Å². The lowest BCUT2D eigenvalue weighted by molar-refractivity contribution is -0.136. The Kier molecular flexibility index (Phi) is 7.63. The fourth-order valence-corrected chi connectivity index (χ4v) is 6.83. The summed E-state index contributed by atoms with van der Waals surface area (Å²) in [6, 6.07) is 11.3. The third kappa shape index (κ3) is 4.75. The highest BCUT2D eigenvalue weighted by Crippen LogP contribution is 2.38. The van der Waals surface area contributed by atoms with Gasteiger partial charge in [-0.1, -0.05) is 38.9 Å². The zero-order chi connectivity index (χ0) is 28.9. The van der Waals surface area contributed by atoms with E-state index in [-0.39, 0.29) is 11.7 Å². The number of esters is 1. The summed E-state index contributed by atoms with van der Waals surface area (Å²) in [5.41, 5.74) is 5.67. The Morgan fingerprint density at radius 3 is 2.60 bits per heavy atom. The van der Waals surface area contributed by atoms with Crippen LogP contribution in [0.25, 0.3) is 17.0 Å². The monoisotopic (exact) mass is 621 g/mol. The molecule has 1 aliphatic rings. The molecule has 40 heavy (non-hydrogen) atoms. The van der Waals surface area contributed by atoms with Gasteiger partial charge in [-0.15, -0.1) is 0 Å². The van der Waals surface area contributed by atoms with Gasteiger partial charge >= 0.3 is 5.97 Å². The van der Waals surface area contributed by atoms with E-state index < -0.39 is 12.0 Å². The van der Waals surface area contributed by atoms with Crippen LogP contribution in [0.4, 0.5) is 0 Å². The molecular weight excluding hydrogens is 590 g/mol. The second-order valence-electron chi connectivity index (χ2n) is 10.2. The van der Waals surface area contributed by atoms with Gasteiger partial charge in [-0.3, -0.25) is 9.36 Å². The van der Waals surface area contributed by atoms with E-state index in [4.69, 9.17) is 14.5 Å². The molecule has 3 heterocycles. The molecule has 0 bridgehead atoms. The fraction of sp³-hybridized carbons (Fsp3) is 0.323. The number of hydrogen-bond acceptors (Lipinski definition) is 6. The number of ether oxygens (including phenoxy) is 2. The number of thiazole rings is 1. The maximum Gasteiger partial charge on any atom is 0.338 e. The summed E-state index contributed by atoms with van der Waals surface area (Å²) in [6.07, 6.45) is 1.86. The molecule has 0 aliphatic carbocycles. The summed E-state index contributed by atoms with van der Waals surface area (Å²) in [4.78, 5) is 32.6. The van der Waals surface area contributed by atoms with Gasteiger partial charge in [0.2, 0.25) is 0 Å². The lowest BCUT2D eigenvalue weighted by atomic mass is 9.95. The van der Waals surface area contributed by atoms with Gasteiger partial charge in [-0.05, 0) is 78.0 Å². The minimum absolute atomic E-state index is 0.107. The van der Waals surface area contributed by atoms with Gasteiger partial charge < -0.3 is 14.0 Å². The molecule has 0 N–H and O–H groups in total. The lowest BCUT2D eigenvalue weighted by Crippen LogP contribution is -2.40. The molecule has 0 saturated carbocycles. The number of aryl methyl sites for hydroxylation is 2. The normalized spacial score (nSPS) is 15.5. The van der Waals surface area contributed by atoms with E-state index in [9.17, 15) is 9.59 Å². The maximum atomic E-state index is 14.2. The molecular formula is C31H32BrN3O4S. The zero-order valence-corrected chi connectivity index (χ0v) is 26.1. The molecule has 4 aromatic rings. The third-order valence-corrected chi connectivity index (χ3v) is 8.65. The number of hydrogen-bond donors (Lipinski definition) is 0. The van der Waals surface area contributed by atoms with Crippen LogP contribution < -0.4 is 19.6 Å². The van der Waals surface area contributed by atoms with Crippen molar-refractivity contribution in [1.29, 1.82) is 0 Å². The van der Waals surface area contributed by atoms with E-state index in [0.717, 1.165) is 38.7 Å². The van der Waals surface area contributed by atoms with Crippen molar-refractivity contribution in [2.24, 2.45) is 4.99 Å². The Balaban J connectivity index is 1.82. The second kappa shape index (κ2) is 10.9. The van der Waals surface area contributed by atoms with Crippen LogP contribution >= 0.6 is 27.3 Å². The van der Waals surface area contributed by atoms with E-state index in [0.29, 0.717) is 31.9 Å². The first kappa shape index (κ1) is 28.1. The Morgan fingerprint density at radius 2 is 1.93 bits per heavy atom. The summed E-state index contributed by atoms with van der Waals surface area (Å²) in [7, 11) is 1.34. The van der Waals surface area contributed by atoms with Gasteiger partial charge in [-0.25, -0.2) is 9.79 Å². The second-order valence-corrected chi connectivity index (χ2v) is 12.1. The maximum absolute atomic E-state index is 14.2. The molecule has 9 heteroatoms. The van der Waals surface area contributed by atoms with E-state index >= 15 is 0 Å². The minimum Gasteiger partial charge on any atom is -0.491 e. The molecule has 1 atom stereocenters. The van der Waals surface area contributed by atoms with E-state index in [1.807, 2.05) is 38.1 Å². The molecule has 0 radical (unpaired) electrons.